The number of hydrogen-bond donors (Lipinski definition) is 1. The van der Waals surface area contributed by atoms with Crippen LogP contribution in [-0.2, 0) is 12.8 Å². The lowest BCUT2D eigenvalue weighted by atomic mass is 9.96. The van der Waals surface area contributed by atoms with Crippen molar-refractivity contribution in [3.05, 3.63) is 41.3 Å². The van der Waals surface area contributed by atoms with Crippen LogP contribution >= 0.6 is 0 Å². The lowest BCUT2D eigenvalue weighted by Crippen LogP contribution is -2.36. The van der Waals surface area contributed by atoms with E-state index < -0.39 is 0 Å². The Morgan fingerprint density at radius 1 is 1.19 bits per heavy atom. The molecule has 1 unspecified atom stereocenters. The molecule has 1 N–H and O–H groups in total. The van der Waals surface area contributed by atoms with Crippen molar-refractivity contribution in [1.29, 1.82) is 0 Å². The number of fused-ring (bicyclic) bond motifs is 1. The van der Waals surface area contributed by atoms with Crippen LogP contribution in [0.4, 0.5) is 0 Å². The highest BCUT2D eigenvalue weighted by Crippen LogP contribution is 2.33. The Bertz CT molecular complexity index is 743. The normalized spacial score (nSPS) is 22.7. The molecule has 4 rings (SSSR count). The van der Waals surface area contributed by atoms with Crippen LogP contribution in [0.3, 0.4) is 0 Å². The summed E-state index contributed by atoms with van der Waals surface area (Å²) in [5.74, 6) is 3.98. The van der Waals surface area contributed by atoms with Crippen LogP contribution in [0.15, 0.2) is 28.8 Å². The Morgan fingerprint density at radius 2 is 2.08 bits per heavy atom. The Morgan fingerprint density at radius 3 is 2.92 bits per heavy atom. The Labute approximate surface area is 155 Å². The highest BCUT2D eigenvalue weighted by molar-refractivity contribution is 5.44. The minimum Gasteiger partial charge on any atom is -0.454 e. The molecule has 1 aromatic carbocycles. The summed E-state index contributed by atoms with van der Waals surface area (Å²) in [4.78, 5) is 0. The van der Waals surface area contributed by atoms with E-state index in [1.165, 1.54) is 24.8 Å². The highest BCUT2D eigenvalue weighted by atomic mass is 16.7. The van der Waals surface area contributed by atoms with E-state index in [9.17, 15) is 0 Å². The van der Waals surface area contributed by atoms with Crippen molar-refractivity contribution in [3.8, 4) is 11.5 Å². The van der Waals surface area contributed by atoms with Gasteiger partial charge in [0.1, 0.15) is 5.76 Å². The summed E-state index contributed by atoms with van der Waals surface area (Å²) in [5.41, 5.74) is 2.28. The van der Waals surface area contributed by atoms with Crippen LogP contribution in [0.2, 0.25) is 0 Å². The number of benzene rings is 1. The van der Waals surface area contributed by atoms with Gasteiger partial charge in [-0.05, 0) is 62.3 Å². The summed E-state index contributed by atoms with van der Waals surface area (Å²) < 4.78 is 16.3. The topological polar surface area (TPSA) is 56.5 Å². The van der Waals surface area contributed by atoms with E-state index in [1.807, 2.05) is 13.0 Å². The second-order valence-electron chi connectivity index (χ2n) is 7.84. The van der Waals surface area contributed by atoms with Crippen molar-refractivity contribution < 1.29 is 14.0 Å². The lowest BCUT2D eigenvalue weighted by molar-refractivity contribution is 0.174. The fraction of sp³-hybridized carbons (Fsp3) is 0.571. The second kappa shape index (κ2) is 7.70. The number of hydrogen-bond acceptors (Lipinski definition) is 5. The first-order valence-electron chi connectivity index (χ1n) is 9.71. The summed E-state index contributed by atoms with van der Waals surface area (Å²) >= 11 is 0. The molecule has 1 aliphatic heterocycles. The van der Waals surface area contributed by atoms with Crippen molar-refractivity contribution >= 4 is 0 Å². The molecule has 1 fully saturated rings. The van der Waals surface area contributed by atoms with Gasteiger partial charge in [-0.2, -0.15) is 0 Å². The molecule has 1 aliphatic carbocycles. The third-order valence-corrected chi connectivity index (χ3v) is 5.55. The molecule has 5 nitrogen and oxygen atoms in total. The van der Waals surface area contributed by atoms with Gasteiger partial charge in [0, 0.05) is 18.5 Å². The number of aromatic nitrogens is 1. The molecule has 0 amide bonds. The molecule has 2 aliphatic rings. The van der Waals surface area contributed by atoms with Gasteiger partial charge in [0.05, 0.1) is 5.69 Å². The van der Waals surface area contributed by atoms with E-state index >= 15 is 0 Å². The summed E-state index contributed by atoms with van der Waals surface area (Å²) in [5, 5.41) is 7.83. The minimum atomic E-state index is 0.337. The molecular formula is C21H28N2O3. The molecule has 0 bridgehead atoms. The van der Waals surface area contributed by atoms with E-state index in [2.05, 4.69) is 35.6 Å². The summed E-state index contributed by atoms with van der Waals surface area (Å²) in [6.07, 6.45) is 5.87. The molecular weight excluding hydrogens is 328 g/mol. The van der Waals surface area contributed by atoms with Crippen LogP contribution in [0.5, 0.6) is 11.5 Å². The molecule has 26 heavy (non-hydrogen) atoms. The molecule has 0 saturated heterocycles. The van der Waals surface area contributed by atoms with Crippen molar-refractivity contribution in [3.63, 3.8) is 0 Å². The molecule has 140 valence electrons. The van der Waals surface area contributed by atoms with Gasteiger partial charge in [0.15, 0.2) is 11.5 Å². The molecule has 2 aromatic rings. The average Bonchev–Trinajstić information content (AvgIpc) is 3.34. The third-order valence-electron chi connectivity index (χ3n) is 5.55. The largest absolute Gasteiger partial charge is 0.454 e. The van der Waals surface area contributed by atoms with Gasteiger partial charge in [-0.15, -0.1) is 0 Å². The fourth-order valence-corrected chi connectivity index (χ4v) is 4.22. The van der Waals surface area contributed by atoms with Crippen LogP contribution in [0.25, 0.3) is 0 Å². The number of aryl methyl sites for hydroxylation is 1. The zero-order chi connectivity index (χ0) is 17.9. The maximum absolute atomic E-state index is 5.48. The predicted molar refractivity (Wildman–Crippen MR) is 99.5 cm³/mol. The monoisotopic (exact) mass is 356 g/mol. The Kier molecular flexibility index (Phi) is 5.16. The van der Waals surface area contributed by atoms with Crippen molar-refractivity contribution in [2.24, 2.45) is 11.8 Å². The van der Waals surface area contributed by atoms with Crippen LogP contribution < -0.4 is 14.8 Å². The van der Waals surface area contributed by atoms with Gasteiger partial charge >= 0.3 is 0 Å². The van der Waals surface area contributed by atoms with Crippen LogP contribution in [-0.4, -0.2) is 24.5 Å². The maximum Gasteiger partial charge on any atom is 0.231 e. The molecule has 2 heterocycles. The number of ether oxygens (including phenoxy) is 2. The van der Waals surface area contributed by atoms with E-state index in [0.29, 0.717) is 24.7 Å². The lowest BCUT2D eigenvalue weighted by Gasteiger charge is -2.22. The highest BCUT2D eigenvalue weighted by Gasteiger charge is 2.28. The first kappa shape index (κ1) is 17.4. The standard InChI is InChI=1S/C21H28N2O3/c1-14(8-16-6-7-20-21(10-16)25-13-24-20)12-22-19-5-3-4-17(19)11-18-9-15(2)23-26-18/h6-7,9-10,14,17,19,22H,3-5,8,11-13H2,1-2H3/t14?,17-,19+/m0/s1. The van der Waals surface area contributed by atoms with E-state index in [-0.39, 0.29) is 0 Å². The van der Waals surface area contributed by atoms with Crippen molar-refractivity contribution in [2.75, 3.05) is 13.3 Å². The van der Waals surface area contributed by atoms with Gasteiger partial charge in [-0.1, -0.05) is 24.6 Å². The number of nitrogens with zero attached hydrogens (tertiary/aromatic N) is 1. The second-order valence-corrected chi connectivity index (χ2v) is 7.84. The van der Waals surface area contributed by atoms with Gasteiger partial charge in [-0.25, -0.2) is 0 Å². The molecule has 1 aromatic heterocycles. The third kappa shape index (κ3) is 4.04. The predicted octanol–water partition coefficient (Wildman–Crippen LogP) is 3.89. The van der Waals surface area contributed by atoms with Gasteiger partial charge < -0.3 is 19.3 Å². The van der Waals surface area contributed by atoms with E-state index in [4.69, 9.17) is 14.0 Å². The smallest absolute Gasteiger partial charge is 0.231 e. The molecule has 3 atom stereocenters. The minimum absolute atomic E-state index is 0.337. The van der Waals surface area contributed by atoms with Gasteiger partial charge in [-0.3, -0.25) is 0 Å². The first-order valence-corrected chi connectivity index (χ1v) is 9.71. The average molecular weight is 356 g/mol. The molecule has 1 saturated carbocycles. The number of nitrogens with one attached hydrogen (secondary N) is 1. The molecule has 0 spiro atoms. The molecule has 5 heteroatoms. The van der Waals surface area contributed by atoms with E-state index in [1.54, 1.807) is 0 Å². The zero-order valence-electron chi connectivity index (χ0n) is 15.7. The van der Waals surface area contributed by atoms with Crippen LogP contribution in [0.1, 0.15) is 43.2 Å². The maximum atomic E-state index is 5.48. The summed E-state index contributed by atoms with van der Waals surface area (Å²) in [6, 6.07) is 8.93. The van der Waals surface area contributed by atoms with Crippen LogP contribution in [0, 0.1) is 18.8 Å². The first-order chi connectivity index (χ1) is 12.7. The number of rotatable bonds is 7. The Hall–Kier alpha value is -2.01. The van der Waals surface area contributed by atoms with Crippen molar-refractivity contribution in [2.45, 2.75) is 52.0 Å². The van der Waals surface area contributed by atoms with Gasteiger partial charge in [0.25, 0.3) is 0 Å². The zero-order valence-corrected chi connectivity index (χ0v) is 15.7. The summed E-state index contributed by atoms with van der Waals surface area (Å²) in [6.45, 7) is 5.66. The van der Waals surface area contributed by atoms with Gasteiger partial charge in [0.2, 0.25) is 6.79 Å². The molecule has 0 radical (unpaired) electrons. The Balaban J connectivity index is 1.27. The SMILES string of the molecule is Cc1cc(C[C@@H]2CCC[C@H]2NCC(C)Cc2ccc3c(c2)OCO3)on1. The quantitative estimate of drug-likeness (QED) is 0.816. The summed E-state index contributed by atoms with van der Waals surface area (Å²) in [7, 11) is 0. The van der Waals surface area contributed by atoms with Crippen molar-refractivity contribution in [1.82, 2.24) is 10.5 Å². The van der Waals surface area contributed by atoms with E-state index in [0.717, 1.165) is 42.3 Å². The fourth-order valence-electron chi connectivity index (χ4n) is 4.22.